The van der Waals surface area contributed by atoms with Gasteiger partial charge in [0.15, 0.2) is 12.0 Å². The lowest BCUT2D eigenvalue weighted by molar-refractivity contribution is 0.112. The first-order chi connectivity index (χ1) is 7.28. The summed E-state index contributed by atoms with van der Waals surface area (Å²) in [6.07, 6.45) is 5.52. The molecular weight excluding hydrogens is 194 g/mol. The van der Waals surface area contributed by atoms with Gasteiger partial charge in [0.2, 0.25) is 5.88 Å². The zero-order chi connectivity index (χ0) is 10.7. The molecule has 0 aliphatic heterocycles. The summed E-state index contributed by atoms with van der Waals surface area (Å²) in [4.78, 5) is 14.3. The van der Waals surface area contributed by atoms with Crippen molar-refractivity contribution < 1.29 is 9.53 Å². The molecular formula is C10H9N3O2. The van der Waals surface area contributed by atoms with Crippen molar-refractivity contribution in [2.24, 2.45) is 7.05 Å². The van der Waals surface area contributed by atoms with Crippen molar-refractivity contribution in [3.63, 3.8) is 0 Å². The minimum Gasteiger partial charge on any atom is -0.436 e. The Morgan fingerprint density at radius 3 is 2.80 bits per heavy atom. The van der Waals surface area contributed by atoms with Crippen molar-refractivity contribution in [2.75, 3.05) is 0 Å². The van der Waals surface area contributed by atoms with E-state index in [1.54, 1.807) is 36.3 Å². The van der Waals surface area contributed by atoms with Gasteiger partial charge in [-0.2, -0.15) is 5.10 Å². The van der Waals surface area contributed by atoms with Crippen LogP contribution in [0.5, 0.6) is 11.6 Å². The molecule has 76 valence electrons. The van der Waals surface area contributed by atoms with Gasteiger partial charge in [0.05, 0.1) is 12.4 Å². The molecule has 0 radical (unpaired) electrons. The molecule has 0 atom stereocenters. The summed E-state index contributed by atoms with van der Waals surface area (Å²) < 4.78 is 7.02. The summed E-state index contributed by atoms with van der Waals surface area (Å²) in [6.45, 7) is 0. The van der Waals surface area contributed by atoms with Crippen molar-refractivity contribution in [2.45, 2.75) is 0 Å². The van der Waals surface area contributed by atoms with Crippen LogP contribution < -0.4 is 4.74 Å². The van der Waals surface area contributed by atoms with Crippen molar-refractivity contribution in [1.82, 2.24) is 14.8 Å². The maximum atomic E-state index is 10.4. The maximum Gasteiger partial charge on any atom is 0.219 e. The molecule has 0 N–H and O–H groups in total. The average molecular weight is 203 g/mol. The average Bonchev–Trinajstić information content (AvgIpc) is 2.65. The number of nitrogens with zero attached hydrogens (tertiary/aromatic N) is 3. The minimum absolute atomic E-state index is 0.439. The van der Waals surface area contributed by atoms with E-state index in [2.05, 4.69) is 10.1 Å². The van der Waals surface area contributed by atoms with Crippen LogP contribution in [0.3, 0.4) is 0 Å². The molecule has 0 aliphatic rings. The van der Waals surface area contributed by atoms with E-state index in [-0.39, 0.29) is 0 Å². The molecule has 2 aromatic heterocycles. The predicted molar refractivity (Wildman–Crippen MR) is 52.9 cm³/mol. The van der Waals surface area contributed by atoms with Gasteiger partial charge in [-0.25, -0.2) is 4.98 Å². The van der Waals surface area contributed by atoms with E-state index in [1.165, 1.54) is 6.20 Å². The van der Waals surface area contributed by atoms with Crippen LogP contribution in [0, 0.1) is 0 Å². The first kappa shape index (κ1) is 9.39. The zero-order valence-corrected chi connectivity index (χ0v) is 8.12. The smallest absolute Gasteiger partial charge is 0.219 e. The van der Waals surface area contributed by atoms with Gasteiger partial charge in [-0.1, -0.05) is 0 Å². The third-order valence-electron chi connectivity index (χ3n) is 1.80. The normalized spacial score (nSPS) is 9.93. The van der Waals surface area contributed by atoms with E-state index in [0.29, 0.717) is 17.2 Å². The monoisotopic (exact) mass is 203 g/mol. The van der Waals surface area contributed by atoms with Gasteiger partial charge in [0.1, 0.15) is 0 Å². The van der Waals surface area contributed by atoms with Gasteiger partial charge in [-0.05, 0) is 6.07 Å². The Morgan fingerprint density at radius 1 is 1.40 bits per heavy atom. The van der Waals surface area contributed by atoms with Gasteiger partial charge in [0, 0.05) is 24.9 Å². The van der Waals surface area contributed by atoms with E-state index in [4.69, 9.17) is 4.74 Å². The van der Waals surface area contributed by atoms with Crippen LogP contribution >= 0.6 is 0 Å². The number of ether oxygens (including phenoxy) is 1. The topological polar surface area (TPSA) is 57.0 Å². The van der Waals surface area contributed by atoms with E-state index in [0.717, 1.165) is 6.29 Å². The predicted octanol–water partition coefficient (Wildman–Crippen LogP) is 1.42. The number of rotatable bonds is 3. The highest BCUT2D eigenvalue weighted by Crippen LogP contribution is 2.17. The molecule has 0 spiro atoms. The van der Waals surface area contributed by atoms with Crippen LogP contribution in [0.1, 0.15) is 10.4 Å². The highest BCUT2D eigenvalue weighted by atomic mass is 16.5. The van der Waals surface area contributed by atoms with Crippen molar-refractivity contribution in [1.29, 1.82) is 0 Å². The Hall–Kier alpha value is -2.17. The lowest BCUT2D eigenvalue weighted by Crippen LogP contribution is -1.88. The molecule has 0 fully saturated rings. The Kier molecular flexibility index (Phi) is 2.45. The quantitative estimate of drug-likeness (QED) is 0.708. The summed E-state index contributed by atoms with van der Waals surface area (Å²) in [6, 6.07) is 3.28. The van der Waals surface area contributed by atoms with Crippen molar-refractivity contribution in [3.8, 4) is 11.6 Å². The molecule has 2 rings (SSSR count). The molecule has 2 heterocycles. The second-order valence-corrected chi connectivity index (χ2v) is 3.00. The summed E-state index contributed by atoms with van der Waals surface area (Å²) in [5, 5.41) is 3.95. The molecule has 0 amide bonds. The molecule has 5 nitrogen and oxygen atoms in total. The van der Waals surface area contributed by atoms with E-state index >= 15 is 0 Å². The number of carbonyl (C=O) groups excluding carboxylic acids is 1. The molecule has 5 heteroatoms. The number of aryl methyl sites for hydroxylation is 1. The van der Waals surface area contributed by atoms with Crippen molar-refractivity contribution >= 4 is 6.29 Å². The molecule has 2 aromatic rings. The number of aldehydes is 1. The lowest BCUT2D eigenvalue weighted by atomic mass is 10.3. The summed E-state index contributed by atoms with van der Waals surface area (Å²) in [7, 11) is 1.80. The van der Waals surface area contributed by atoms with Crippen molar-refractivity contribution in [3.05, 3.63) is 36.3 Å². The zero-order valence-electron chi connectivity index (χ0n) is 8.12. The Morgan fingerprint density at radius 2 is 2.27 bits per heavy atom. The van der Waals surface area contributed by atoms with E-state index in [9.17, 15) is 4.79 Å². The van der Waals surface area contributed by atoms with Crippen LogP contribution in [-0.2, 0) is 7.05 Å². The summed E-state index contributed by atoms with van der Waals surface area (Å²) in [5.74, 6) is 1.05. The third kappa shape index (κ3) is 2.19. The van der Waals surface area contributed by atoms with Gasteiger partial charge >= 0.3 is 0 Å². The first-order valence-corrected chi connectivity index (χ1v) is 4.35. The Balaban J connectivity index is 2.14. The number of hydrogen-bond donors (Lipinski definition) is 0. The Labute approximate surface area is 86.3 Å². The molecule has 15 heavy (non-hydrogen) atoms. The van der Waals surface area contributed by atoms with Crippen LogP contribution in [-0.4, -0.2) is 21.1 Å². The number of carbonyl (C=O) groups is 1. The fourth-order valence-electron chi connectivity index (χ4n) is 1.09. The second kappa shape index (κ2) is 3.91. The second-order valence-electron chi connectivity index (χ2n) is 3.00. The van der Waals surface area contributed by atoms with E-state index in [1.807, 2.05) is 0 Å². The molecule has 0 unspecified atom stereocenters. The van der Waals surface area contributed by atoms with Crippen LogP contribution in [0.25, 0.3) is 0 Å². The van der Waals surface area contributed by atoms with Crippen LogP contribution in [0.15, 0.2) is 30.7 Å². The molecule has 0 saturated carbocycles. The number of pyridine rings is 1. The van der Waals surface area contributed by atoms with Crippen LogP contribution in [0.2, 0.25) is 0 Å². The minimum atomic E-state index is 0.439. The molecule has 0 bridgehead atoms. The molecule has 0 aliphatic carbocycles. The fourth-order valence-corrected chi connectivity index (χ4v) is 1.09. The number of hydrogen-bond acceptors (Lipinski definition) is 4. The van der Waals surface area contributed by atoms with E-state index < -0.39 is 0 Å². The largest absolute Gasteiger partial charge is 0.436 e. The first-order valence-electron chi connectivity index (χ1n) is 4.35. The van der Waals surface area contributed by atoms with Gasteiger partial charge in [-0.15, -0.1) is 0 Å². The van der Waals surface area contributed by atoms with Gasteiger partial charge < -0.3 is 4.74 Å². The fraction of sp³-hybridized carbons (Fsp3) is 0.100. The standard InChI is InChI=1S/C10H9N3O2/c1-13-6-9(5-12-13)15-10-3-2-8(7-14)4-11-10/h2-7H,1H3. The third-order valence-corrected chi connectivity index (χ3v) is 1.80. The van der Waals surface area contributed by atoms with Gasteiger partial charge in [0.25, 0.3) is 0 Å². The Bertz CT molecular complexity index is 462. The summed E-state index contributed by atoms with van der Waals surface area (Å²) in [5.41, 5.74) is 0.522. The van der Waals surface area contributed by atoms with Gasteiger partial charge in [-0.3, -0.25) is 9.48 Å². The highest BCUT2D eigenvalue weighted by molar-refractivity contribution is 5.74. The molecule has 0 saturated heterocycles. The maximum absolute atomic E-state index is 10.4. The highest BCUT2D eigenvalue weighted by Gasteiger charge is 2.00. The number of aromatic nitrogens is 3. The summed E-state index contributed by atoms with van der Waals surface area (Å²) >= 11 is 0. The molecule has 0 aromatic carbocycles. The van der Waals surface area contributed by atoms with Crippen LogP contribution in [0.4, 0.5) is 0 Å². The SMILES string of the molecule is Cn1cc(Oc2ccc(C=O)cn2)cn1. The lowest BCUT2D eigenvalue weighted by Gasteiger charge is -2.00.